The fraction of sp³-hybridized carbons (Fsp3) is 0.143. The van der Waals surface area contributed by atoms with Crippen LogP contribution in [-0.4, -0.2) is 5.11 Å². The van der Waals surface area contributed by atoms with Crippen LogP contribution in [0.1, 0.15) is 11.1 Å². The predicted molar refractivity (Wildman–Crippen MR) is 73.8 cm³/mol. The minimum absolute atomic E-state index is 0.0966. The molecule has 2 rings (SSSR count). The minimum Gasteiger partial charge on any atom is -0.392 e. The van der Waals surface area contributed by atoms with E-state index in [0.29, 0.717) is 0 Å². The monoisotopic (exact) mass is 291 g/mol. The second-order valence-corrected chi connectivity index (χ2v) is 4.75. The lowest BCUT2D eigenvalue weighted by atomic mass is 10.1. The second-order valence-electron chi connectivity index (χ2n) is 3.84. The van der Waals surface area contributed by atoms with Crippen LogP contribution >= 0.6 is 15.9 Å². The molecule has 0 aromatic heterocycles. The number of aliphatic hydroxyl groups is 1. The van der Waals surface area contributed by atoms with E-state index in [4.69, 9.17) is 5.11 Å². The largest absolute Gasteiger partial charge is 0.392 e. The zero-order valence-corrected chi connectivity index (χ0v) is 10.9. The lowest BCUT2D eigenvalue weighted by Gasteiger charge is -2.07. The highest BCUT2D eigenvalue weighted by molar-refractivity contribution is 9.10. The molecule has 88 valence electrons. The Balaban J connectivity index is 1.97. The summed E-state index contributed by atoms with van der Waals surface area (Å²) >= 11 is 3.44. The minimum atomic E-state index is 0.0966. The molecule has 17 heavy (non-hydrogen) atoms. The van der Waals surface area contributed by atoms with Crippen molar-refractivity contribution in [2.75, 3.05) is 5.32 Å². The van der Waals surface area contributed by atoms with Gasteiger partial charge in [0.1, 0.15) is 0 Å². The summed E-state index contributed by atoms with van der Waals surface area (Å²) in [6.07, 6.45) is 0. The van der Waals surface area contributed by atoms with Gasteiger partial charge >= 0.3 is 0 Å². The van der Waals surface area contributed by atoms with Crippen molar-refractivity contribution < 1.29 is 5.11 Å². The third-order valence-electron chi connectivity index (χ3n) is 2.53. The van der Waals surface area contributed by atoms with Crippen molar-refractivity contribution in [1.29, 1.82) is 0 Å². The van der Waals surface area contributed by atoms with Crippen molar-refractivity contribution in [3.63, 3.8) is 0 Å². The van der Waals surface area contributed by atoms with Crippen molar-refractivity contribution in [2.24, 2.45) is 0 Å². The fourth-order valence-corrected chi connectivity index (χ4v) is 1.96. The molecule has 0 saturated heterocycles. The van der Waals surface area contributed by atoms with Crippen LogP contribution in [0, 0.1) is 0 Å². The van der Waals surface area contributed by atoms with Gasteiger partial charge in [0.05, 0.1) is 6.61 Å². The Bertz CT molecular complexity index is 482. The first-order chi connectivity index (χ1) is 8.28. The first kappa shape index (κ1) is 12.1. The van der Waals surface area contributed by atoms with Gasteiger partial charge in [0.2, 0.25) is 0 Å². The zero-order chi connectivity index (χ0) is 12.1. The van der Waals surface area contributed by atoms with E-state index in [0.717, 1.165) is 22.3 Å². The van der Waals surface area contributed by atoms with Crippen LogP contribution in [0.4, 0.5) is 5.69 Å². The van der Waals surface area contributed by atoms with Crippen molar-refractivity contribution in [1.82, 2.24) is 0 Å². The Morgan fingerprint density at radius 1 is 1.00 bits per heavy atom. The second kappa shape index (κ2) is 5.84. The van der Waals surface area contributed by atoms with E-state index in [1.54, 1.807) is 0 Å². The number of aliphatic hydroxyl groups excluding tert-OH is 1. The molecule has 0 radical (unpaired) electrons. The molecule has 0 unspecified atom stereocenters. The van der Waals surface area contributed by atoms with E-state index in [1.165, 1.54) is 5.56 Å². The topological polar surface area (TPSA) is 32.3 Å². The summed E-state index contributed by atoms with van der Waals surface area (Å²) in [6, 6.07) is 16.0. The van der Waals surface area contributed by atoms with Crippen LogP contribution in [-0.2, 0) is 13.2 Å². The SMILES string of the molecule is OCc1ccc(CNc2cccc(Br)c2)cc1. The van der Waals surface area contributed by atoms with Crippen LogP contribution in [0.15, 0.2) is 53.0 Å². The van der Waals surface area contributed by atoms with Crippen LogP contribution in [0.2, 0.25) is 0 Å². The smallest absolute Gasteiger partial charge is 0.0681 e. The lowest BCUT2D eigenvalue weighted by Crippen LogP contribution is -1.99. The maximum absolute atomic E-state index is 8.95. The van der Waals surface area contributed by atoms with Gasteiger partial charge in [0.15, 0.2) is 0 Å². The van der Waals surface area contributed by atoms with E-state index in [2.05, 4.69) is 21.2 Å². The Hall–Kier alpha value is -1.32. The molecule has 0 aliphatic carbocycles. The number of benzene rings is 2. The molecule has 3 heteroatoms. The molecule has 0 heterocycles. The summed E-state index contributed by atoms with van der Waals surface area (Å²) in [5, 5.41) is 12.3. The first-order valence-corrected chi connectivity index (χ1v) is 6.25. The molecular formula is C14H14BrNO. The highest BCUT2D eigenvalue weighted by atomic mass is 79.9. The summed E-state index contributed by atoms with van der Waals surface area (Å²) in [5.41, 5.74) is 3.23. The van der Waals surface area contributed by atoms with Crippen molar-refractivity contribution in [2.45, 2.75) is 13.2 Å². The van der Waals surface area contributed by atoms with Crippen molar-refractivity contribution >= 4 is 21.6 Å². The van der Waals surface area contributed by atoms with Gasteiger partial charge in [-0.15, -0.1) is 0 Å². The number of hydrogen-bond donors (Lipinski definition) is 2. The van der Waals surface area contributed by atoms with Crippen molar-refractivity contribution in [3.8, 4) is 0 Å². The van der Waals surface area contributed by atoms with Gasteiger partial charge in [-0.1, -0.05) is 46.3 Å². The van der Waals surface area contributed by atoms with Gasteiger partial charge in [-0.2, -0.15) is 0 Å². The quantitative estimate of drug-likeness (QED) is 0.903. The van der Waals surface area contributed by atoms with Crippen LogP contribution in [0.5, 0.6) is 0 Å². The Morgan fingerprint density at radius 2 is 1.71 bits per heavy atom. The molecular weight excluding hydrogens is 278 g/mol. The number of rotatable bonds is 4. The molecule has 0 bridgehead atoms. The fourth-order valence-electron chi connectivity index (χ4n) is 1.57. The van der Waals surface area contributed by atoms with E-state index in [9.17, 15) is 0 Å². The van der Waals surface area contributed by atoms with Gasteiger partial charge in [0.25, 0.3) is 0 Å². The van der Waals surface area contributed by atoms with E-state index >= 15 is 0 Å². The summed E-state index contributed by atoms with van der Waals surface area (Å²) in [5.74, 6) is 0. The molecule has 0 aliphatic heterocycles. The standard InChI is InChI=1S/C14H14BrNO/c15-13-2-1-3-14(8-13)16-9-11-4-6-12(10-17)7-5-11/h1-8,16-17H,9-10H2. The summed E-state index contributed by atoms with van der Waals surface area (Å²) in [6.45, 7) is 0.876. The van der Waals surface area contributed by atoms with Crippen LogP contribution < -0.4 is 5.32 Å². The van der Waals surface area contributed by atoms with Gasteiger partial charge in [-0.3, -0.25) is 0 Å². The van der Waals surface area contributed by atoms with Gasteiger partial charge in [-0.25, -0.2) is 0 Å². The van der Waals surface area contributed by atoms with Gasteiger partial charge < -0.3 is 10.4 Å². The molecule has 0 spiro atoms. The first-order valence-electron chi connectivity index (χ1n) is 5.46. The van der Waals surface area contributed by atoms with Crippen LogP contribution in [0.25, 0.3) is 0 Å². The molecule has 0 atom stereocenters. The molecule has 2 nitrogen and oxygen atoms in total. The molecule has 2 aromatic carbocycles. The van der Waals surface area contributed by atoms with Crippen molar-refractivity contribution in [3.05, 3.63) is 64.1 Å². The number of hydrogen-bond acceptors (Lipinski definition) is 2. The molecule has 0 amide bonds. The maximum atomic E-state index is 8.95. The highest BCUT2D eigenvalue weighted by Crippen LogP contribution is 2.16. The Kier molecular flexibility index (Phi) is 4.18. The third kappa shape index (κ3) is 3.58. The summed E-state index contributed by atoms with van der Waals surface area (Å²) < 4.78 is 1.07. The Morgan fingerprint density at radius 3 is 2.35 bits per heavy atom. The average Bonchev–Trinajstić information content (AvgIpc) is 2.37. The molecule has 0 fully saturated rings. The summed E-state index contributed by atoms with van der Waals surface area (Å²) in [7, 11) is 0. The van der Waals surface area contributed by atoms with E-state index < -0.39 is 0 Å². The van der Waals surface area contributed by atoms with Gasteiger partial charge in [-0.05, 0) is 29.3 Å². The van der Waals surface area contributed by atoms with E-state index in [1.807, 2.05) is 48.5 Å². The number of anilines is 1. The average molecular weight is 292 g/mol. The van der Waals surface area contributed by atoms with E-state index in [-0.39, 0.29) is 6.61 Å². The lowest BCUT2D eigenvalue weighted by molar-refractivity contribution is 0.282. The number of halogens is 1. The maximum Gasteiger partial charge on any atom is 0.0681 e. The third-order valence-corrected chi connectivity index (χ3v) is 3.02. The molecule has 2 aromatic rings. The predicted octanol–water partition coefficient (Wildman–Crippen LogP) is 3.55. The molecule has 0 aliphatic rings. The summed E-state index contributed by atoms with van der Waals surface area (Å²) in [4.78, 5) is 0. The molecule has 0 saturated carbocycles. The Labute approximate surface area is 109 Å². The zero-order valence-electron chi connectivity index (χ0n) is 9.36. The number of nitrogens with one attached hydrogen (secondary N) is 1. The molecule has 2 N–H and O–H groups in total. The van der Waals surface area contributed by atoms with Crippen LogP contribution in [0.3, 0.4) is 0 Å². The normalized spacial score (nSPS) is 10.2. The highest BCUT2D eigenvalue weighted by Gasteiger charge is 1.95. The van der Waals surface area contributed by atoms with Gasteiger partial charge in [0, 0.05) is 16.7 Å².